The number of piperidine rings is 1. The van der Waals surface area contributed by atoms with Crippen LogP contribution in [0.5, 0.6) is 11.5 Å². The number of hydrogen-bond donors (Lipinski definition) is 1. The number of anilines is 2. The Bertz CT molecular complexity index is 1030. The summed E-state index contributed by atoms with van der Waals surface area (Å²) in [7, 11) is 3.33. The molecule has 3 aromatic rings. The van der Waals surface area contributed by atoms with Crippen LogP contribution in [-0.2, 0) is 10.2 Å². The van der Waals surface area contributed by atoms with Crippen LogP contribution in [-0.4, -0.2) is 38.2 Å². The second-order valence-electron chi connectivity index (χ2n) is 7.67. The van der Waals surface area contributed by atoms with E-state index in [1.54, 1.807) is 26.6 Å². The Balaban J connectivity index is 1.65. The molecule has 160 valence electrons. The van der Waals surface area contributed by atoms with Crippen LogP contribution in [0.1, 0.15) is 18.4 Å². The molecule has 1 saturated heterocycles. The predicted octanol–water partition coefficient (Wildman–Crippen LogP) is 4.28. The summed E-state index contributed by atoms with van der Waals surface area (Å²) in [6.45, 7) is 1.47. The minimum absolute atomic E-state index is 0.0200. The first-order valence-electron chi connectivity index (χ1n) is 10.4. The third-order valence-electron chi connectivity index (χ3n) is 6.02. The Morgan fingerprint density at radius 3 is 2.52 bits per heavy atom. The maximum Gasteiger partial charge on any atom is 0.235 e. The molecule has 6 nitrogen and oxygen atoms in total. The van der Waals surface area contributed by atoms with Crippen molar-refractivity contribution < 1.29 is 14.3 Å². The summed E-state index contributed by atoms with van der Waals surface area (Å²) in [5, 5.41) is 3.08. The van der Waals surface area contributed by atoms with E-state index < -0.39 is 5.41 Å². The van der Waals surface area contributed by atoms with Crippen molar-refractivity contribution in [1.82, 2.24) is 4.98 Å². The van der Waals surface area contributed by atoms with Crippen molar-refractivity contribution in [3.63, 3.8) is 0 Å². The van der Waals surface area contributed by atoms with Gasteiger partial charge in [-0.1, -0.05) is 24.3 Å². The van der Waals surface area contributed by atoms with E-state index in [1.165, 1.54) is 0 Å². The van der Waals surface area contributed by atoms with Crippen LogP contribution in [0.4, 0.5) is 11.4 Å². The summed E-state index contributed by atoms with van der Waals surface area (Å²) in [6.07, 6.45) is 4.70. The molecular weight excluding hydrogens is 390 g/mol. The van der Waals surface area contributed by atoms with E-state index in [9.17, 15) is 4.79 Å². The molecule has 2 heterocycles. The lowest BCUT2D eigenvalue weighted by Gasteiger charge is -2.42. The smallest absolute Gasteiger partial charge is 0.235 e. The summed E-state index contributed by atoms with van der Waals surface area (Å²) in [4.78, 5) is 20.0. The molecule has 2 aromatic carbocycles. The number of ether oxygens (including phenoxy) is 2. The van der Waals surface area contributed by atoms with Gasteiger partial charge in [0.1, 0.15) is 11.5 Å². The van der Waals surface area contributed by atoms with E-state index in [-0.39, 0.29) is 5.91 Å². The van der Waals surface area contributed by atoms with Gasteiger partial charge in [-0.3, -0.25) is 9.78 Å². The van der Waals surface area contributed by atoms with Crippen molar-refractivity contribution in [3.05, 3.63) is 78.6 Å². The van der Waals surface area contributed by atoms with Crippen molar-refractivity contribution in [3.8, 4) is 11.5 Å². The van der Waals surface area contributed by atoms with E-state index in [2.05, 4.69) is 21.3 Å². The third kappa shape index (κ3) is 4.19. The van der Waals surface area contributed by atoms with Gasteiger partial charge in [0, 0.05) is 19.3 Å². The maximum atomic E-state index is 13.6. The zero-order valence-electron chi connectivity index (χ0n) is 17.9. The molecule has 0 atom stereocenters. The zero-order chi connectivity index (χ0) is 21.7. The lowest BCUT2D eigenvalue weighted by atomic mass is 9.71. The highest BCUT2D eigenvalue weighted by Crippen LogP contribution is 2.40. The Labute approximate surface area is 182 Å². The molecule has 6 heteroatoms. The number of pyridine rings is 1. The quantitative estimate of drug-likeness (QED) is 0.649. The van der Waals surface area contributed by atoms with E-state index in [1.807, 2.05) is 54.6 Å². The maximum absolute atomic E-state index is 13.6. The number of carbonyl (C=O) groups is 1. The van der Waals surface area contributed by atoms with Crippen molar-refractivity contribution in [1.29, 1.82) is 0 Å². The van der Waals surface area contributed by atoms with E-state index in [0.717, 1.165) is 35.8 Å². The average Bonchev–Trinajstić information content (AvgIpc) is 2.84. The van der Waals surface area contributed by atoms with Gasteiger partial charge in [-0.2, -0.15) is 0 Å². The summed E-state index contributed by atoms with van der Waals surface area (Å²) in [5.41, 5.74) is 2.05. The Morgan fingerprint density at radius 2 is 1.81 bits per heavy atom. The van der Waals surface area contributed by atoms with Gasteiger partial charge in [-0.05, 0) is 54.8 Å². The van der Waals surface area contributed by atoms with Crippen LogP contribution in [0.3, 0.4) is 0 Å². The number of carbonyl (C=O) groups excluding carboxylic acids is 1. The lowest BCUT2D eigenvalue weighted by molar-refractivity contribution is -0.122. The normalized spacial score (nSPS) is 15.2. The van der Waals surface area contributed by atoms with Crippen molar-refractivity contribution in [2.45, 2.75) is 18.3 Å². The lowest BCUT2D eigenvalue weighted by Crippen LogP contribution is -2.49. The SMILES string of the molecule is COc1cccc(C2(C(=O)Nc3cccnc3)CCN(c3ccccc3OC)CC2)c1. The molecule has 4 rings (SSSR count). The first-order valence-corrected chi connectivity index (χ1v) is 10.4. The van der Waals surface area contributed by atoms with E-state index in [4.69, 9.17) is 9.47 Å². The molecule has 31 heavy (non-hydrogen) atoms. The van der Waals surface area contributed by atoms with Gasteiger partial charge in [-0.15, -0.1) is 0 Å². The molecule has 1 aliphatic rings. The first-order chi connectivity index (χ1) is 15.2. The predicted molar refractivity (Wildman–Crippen MR) is 122 cm³/mol. The molecule has 0 saturated carbocycles. The molecule has 1 N–H and O–H groups in total. The molecule has 1 fully saturated rings. The van der Waals surface area contributed by atoms with Crippen LogP contribution in [0.25, 0.3) is 0 Å². The molecular formula is C25H27N3O3. The molecule has 0 aliphatic carbocycles. The second kappa shape index (κ2) is 9.08. The molecule has 1 aliphatic heterocycles. The highest BCUT2D eigenvalue weighted by molar-refractivity contribution is 5.99. The average molecular weight is 418 g/mol. The fraction of sp³-hybridized carbons (Fsp3) is 0.280. The van der Waals surface area contributed by atoms with Crippen LogP contribution >= 0.6 is 0 Å². The molecule has 0 radical (unpaired) electrons. The summed E-state index contributed by atoms with van der Waals surface area (Å²) >= 11 is 0. The number of aromatic nitrogens is 1. The van der Waals surface area contributed by atoms with E-state index in [0.29, 0.717) is 18.5 Å². The molecule has 0 bridgehead atoms. The van der Waals surface area contributed by atoms with Gasteiger partial charge in [0.2, 0.25) is 5.91 Å². The highest BCUT2D eigenvalue weighted by Gasteiger charge is 2.43. The van der Waals surface area contributed by atoms with Crippen molar-refractivity contribution >= 4 is 17.3 Å². The minimum Gasteiger partial charge on any atom is -0.497 e. The van der Waals surface area contributed by atoms with E-state index >= 15 is 0 Å². The van der Waals surface area contributed by atoms with Crippen LogP contribution in [0, 0.1) is 0 Å². The molecule has 1 amide bonds. The van der Waals surface area contributed by atoms with Gasteiger partial charge in [0.15, 0.2) is 0 Å². The Morgan fingerprint density at radius 1 is 1.00 bits per heavy atom. The molecule has 1 aromatic heterocycles. The zero-order valence-corrected chi connectivity index (χ0v) is 17.9. The fourth-order valence-electron chi connectivity index (χ4n) is 4.28. The standard InChI is InChI=1S/C25H27N3O3/c1-30-21-9-5-7-19(17-21)25(24(29)27-20-8-6-14-26-18-20)12-15-28(16-13-25)22-10-3-4-11-23(22)31-2/h3-11,14,17-18H,12-13,15-16H2,1-2H3,(H,27,29). The third-order valence-corrected chi connectivity index (χ3v) is 6.02. The summed E-state index contributed by atoms with van der Waals surface area (Å²) in [6, 6.07) is 19.5. The Kier molecular flexibility index (Phi) is 6.07. The number of benzene rings is 2. The van der Waals surface area contributed by atoms with Gasteiger partial charge in [0.25, 0.3) is 0 Å². The van der Waals surface area contributed by atoms with Gasteiger partial charge < -0.3 is 19.7 Å². The van der Waals surface area contributed by atoms with Crippen molar-refractivity contribution in [2.75, 3.05) is 37.5 Å². The number of nitrogens with one attached hydrogen (secondary N) is 1. The highest BCUT2D eigenvalue weighted by atomic mass is 16.5. The number of amides is 1. The number of para-hydroxylation sites is 2. The summed E-state index contributed by atoms with van der Waals surface area (Å²) in [5.74, 6) is 1.57. The molecule has 0 spiro atoms. The van der Waals surface area contributed by atoms with Crippen molar-refractivity contribution in [2.24, 2.45) is 0 Å². The number of rotatable bonds is 6. The number of nitrogens with zero attached hydrogens (tertiary/aromatic N) is 2. The van der Waals surface area contributed by atoms with Crippen LogP contribution in [0.2, 0.25) is 0 Å². The number of methoxy groups -OCH3 is 2. The summed E-state index contributed by atoms with van der Waals surface area (Å²) < 4.78 is 11.0. The monoisotopic (exact) mass is 417 g/mol. The Hall–Kier alpha value is -3.54. The van der Waals surface area contributed by atoms with Crippen LogP contribution in [0.15, 0.2) is 73.1 Å². The second-order valence-corrected chi connectivity index (χ2v) is 7.67. The van der Waals surface area contributed by atoms with Gasteiger partial charge in [0.05, 0.1) is 37.2 Å². The fourth-order valence-corrected chi connectivity index (χ4v) is 4.28. The first kappa shape index (κ1) is 20.7. The topological polar surface area (TPSA) is 63.7 Å². The molecule has 0 unspecified atom stereocenters. The van der Waals surface area contributed by atoms with Crippen LogP contribution < -0.4 is 19.7 Å². The minimum atomic E-state index is -0.664. The number of hydrogen-bond acceptors (Lipinski definition) is 5. The van der Waals surface area contributed by atoms with Gasteiger partial charge >= 0.3 is 0 Å². The largest absolute Gasteiger partial charge is 0.497 e. The van der Waals surface area contributed by atoms with Gasteiger partial charge in [-0.25, -0.2) is 0 Å².